The van der Waals surface area contributed by atoms with Crippen LogP contribution in [0.3, 0.4) is 0 Å². The minimum Gasteiger partial charge on any atom is -0.288 e. The van der Waals surface area contributed by atoms with Gasteiger partial charge in [-0.25, -0.2) is 4.98 Å². The summed E-state index contributed by atoms with van der Waals surface area (Å²) < 4.78 is 0. The number of carbonyl (C=O) groups excluding carboxylic acids is 1. The van der Waals surface area contributed by atoms with E-state index in [1.54, 1.807) is 0 Å². The van der Waals surface area contributed by atoms with Crippen LogP contribution in [0.1, 0.15) is 35.7 Å². The van der Waals surface area contributed by atoms with Gasteiger partial charge in [-0.3, -0.25) is 10.1 Å². The predicted octanol–water partition coefficient (Wildman–Crippen LogP) is 1.69. The summed E-state index contributed by atoms with van der Waals surface area (Å²) in [5, 5.41) is 18.0. The lowest BCUT2D eigenvalue weighted by Crippen LogP contribution is -2.18. The summed E-state index contributed by atoms with van der Waals surface area (Å²) in [7, 11) is 0. The Labute approximate surface area is 120 Å². The summed E-state index contributed by atoms with van der Waals surface area (Å²) in [4.78, 5) is 16.2. The van der Waals surface area contributed by atoms with Crippen molar-refractivity contribution in [3.63, 3.8) is 0 Å². The molecule has 2 aromatic heterocycles. The molecule has 8 heteroatoms. The molecule has 0 spiro atoms. The van der Waals surface area contributed by atoms with Crippen molar-refractivity contribution in [1.82, 2.24) is 25.4 Å². The third kappa shape index (κ3) is 3.24. The first-order valence-electron chi connectivity index (χ1n) is 6.17. The van der Waals surface area contributed by atoms with Crippen LogP contribution in [-0.4, -0.2) is 31.3 Å². The minimum absolute atomic E-state index is 0.135. The number of amides is 1. The zero-order valence-corrected chi connectivity index (χ0v) is 11.8. The Hall–Kier alpha value is -2.15. The molecule has 2 heterocycles. The van der Waals surface area contributed by atoms with E-state index >= 15 is 0 Å². The number of aryl methyl sites for hydroxylation is 2. The average molecular weight is 293 g/mol. The molecule has 7 nitrogen and oxygen atoms in total. The molecule has 0 atom stereocenters. The van der Waals surface area contributed by atoms with Gasteiger partial charge in [0.2, 0.25) is 5.95 Å². The van der Waals surface area contributed by atoms with E-state index in [0.29, 0.717) is 0 Å². The monoisotopic (exact) mass is 292 g/mol. The molecule has 0 saturated heterocycles. The molecule has 0 aliphatic rings. The molecular weight excluding hydrogens is 280 g/mol. The molecule has 0 aromatic carbocycles. The van der Waals surface area contributed by atoms with E-state index in [-0.39, 0.29) is 16.8 Å². The number of aromatic nitrogens is 5. The van der Waals surface area contributed by atoms with Crippen molar-refractivity contribution < 1.29 is 4.79 Å². The van der Waals surface area contributed by atoms with E-state index in [9.17, 15) is 4.79 Å². The molecule has 0 radical (unpaired) electrons. The number of anilines is 1. The second-order valence-corrected chi connectivity index (χ2v) is 4.32. The van der Waals surface area contributed by atoms with Gasteiger partial charge in [-0.1, -0.05) is 25.4 Å². The zero-order valence-electron chi connectivity index (χ0n) is 11.1. The lowest BCUT2D eigenvalue weighted by Gasteiger charge is -2.06. The maximum absolute atomic E-state index is 11.9. The van der Waals surface area contributed by atoms with Crippen LogP contribution in [0.5, 0.6) is 0 Å². The molecule has 0 saturated carbocycles. The van der Waals surface area contributed by atoms with Crippen LogP contribution in [0, 0.1) is 0 Å². The molecule has 104 valence electrons. The summed E-state index contributed by atoms with van der Waals surface area (Å²) in [5.74, 6) is -0.303. The highest BCUT2D eigenvalue weighted by atomic mass is 35.5. The van der Waals surface area contributed by atoms with E-state index in [1.807, 2.05) is 13.8 Å². The molecule has 2 rings (SSSR count). The van der Waals surface area contributed by atoms with Crippen LogP contribution in [0.2, 0.25) is 5.15 Å². The molecule has 0 bridgehead atoms. The van der Waals surface area contributed by atoms with Crippen LogP contribution in [-0.2, 0) is 12.8 Å². The molecule has 1 N–H and O–H groups in total. The first kappa shape index (κ1) is 14.3. The van der Waals surface area contributed by atoms with Gasteiger partial charge >= 0.3 is 0 Å². The molecule has 0 unspecified atom stereocenters. The topological polar surface area (TPSA) is 93.6 Å². The maximum Gasteiger partial charge on any atom is 0.278 e. The third-order valence-electron chi connectivity index (χ3n) is 2.60. The Balaban J connectivity index is 2.17. The fourth-order valence-corrected chi connectivity index (χ4v) is 1.69. The fourth-order valence-electron chi connectivity index (χ4n) is 1.59. The van der Waals surface area contributed by atoms with Crippen molar-refractivity contribution in [2.24, 2.45) is 0 Å². The molecule has 0 fully saturated rings. The number of rotatable bonds is 4. The summed E-state index contributed by atoms with van der Waals surface area (Å²) >= 11 is 5.61. The number of carbonyl (C=O) groups is 1. The lowest BCUT2D eigenvalue weighted by molar-refractivity contribution is 0.102. The Morgan fingerprint density at radius 3 is 2.45 bits per heavy atom. The van der Waals surface area contributed by atoms with Crippen LogP contribution < -0.4 is 5.32 Å². The molecule has 20 heavy (non-hydrogen) atoms. The van der Waals surface area contributed by atoms with Crippen molar-refractivity contribution in [3.8, 4) is 0 Å². The van der Waals surface area contributed by atoms with E-state index < -0.39 is 5.91 Å². The van der Waals surface area contributed by atoms with Gasteiger partial charge in [0, 0.05) is 0 Å². The highest BCUT2D eigenvalue weighted by molar-refractivity contribution is 6.29. The van der Waals surface area contributed by atoms with E-state index in [1.165, 1.54) is 12.1 Å². The minimum atomic E-state index is -0.456. The van der Waals surface area contributed by atoms with Crippen LogP contribution in [0.15, 0.2) is 12.1 Å². The highest BCUT2D eigenvalue weighted by Crippen LogP contribution is 2.08. The molecule has 0 aliphatic carbocycles. The quantitative estimate of drug-likeness (QED) is 0.921. The first-order valence-corrected chi connectivity index (χ1v) is 6.54. The summed E-state index contributed by atoms with van der Waals surface area (Å²) in [5.41, 5.74) is 1.78. The van der Waals surface area contributed by atoms with Gasteiger partial charge < -0.3 is 0 Å². The highest BCUT2D eigenvalue weighted by Gasteiger charge is 2.12. The van der Waals surface area contributed by atoms with Crippen molar-refractivity contribution in [2.45, 2.75) is 26.7 Å². The molecule has 2 aromatic rings. The number of nitrogens with one attached hydrogen (secondary N) is 1. The van der Waals surface area contributed by atoms with Crippen molar-refractivity contribution in [3.05, 3.63) is 34.4 Å². The first-order chi connectivity index (χ1) is 9.63. The fraction of sp³-hybridized carbons (Fsp3) is 0.333. The van der Waals surface area contributed by atoms with Gasteiger partial charge in [0.05, 0.1) is 11.4 Å². The van der Waals surface area contributed by atoms with E-state index in [4.69, 9.17) is 11.6 Å². The number of nitrogens with zero attached hydrogens (tertiary/aromatic N) is 5. The maximum atomic E-state index is 11.9. The van der Waals surface area contributed by atoms with E-state index in [2.05, 4.69) is 30.7 Å². The smallest absolute Gasteiger partial charge is 0.278 e. The van der Waals surface area contributed by atoms with Gasteiger partial charge in [-0.2, -0.15) is 0 Å². The molecular formula is C12H13ClN6O. The van der Waals surface area contributed by atoms with E-state index in [0.717, 1.165) is 24.2 Å². The van der Waals surface area contributed by atoms with Crippen LogP contribution in [0.25, 0.3) is 0 Å². The Morgan fingerprint density at radius 2 is 1.85 bits per heavy atom. The van der Waals surface area contributed by atoms with Crippen LogP contribution >= 0.6 is 11.6 Å². The molecule has 1 amide bonds. The Kier molecular flexibility index (Phi) is 4.52. The second-order valence-electron chi connectivity index (χ2n) is 3.93. The summed E-state index contributed by atoms with van der Waals surface area (Å²) in [6.45, 7) is 3.95. The third-order valence-corrected chi connectivity index (χ3v) is 2.80. The van der Waals surface area contributed by atoms with Crippen molar-refractivity contribution >= 4 is 23.5 Å². The number of hydrogen-bond donors (Lipinski definition) is 1. The SMILES string of the molecule is CCc1nnc(NC(=O)c2ccc(Cl)nn2)nc1CC. The predicted molar refractivity (Wildman–Crippen MR) is 73.6 cm³/mol. The van der Waals surface area contributed by atoms with Gasteiger partial charge in [-0.05, 0) is 25.0 Å². The van der Waals surface area contributed by atoms with Gasteiger partial charge in [0.15, 0.2) is 10.8 Å². The Bertz CT molecular complexity index is 616. The largest absolute Gasteiger partial charge is 0.288 e. The normalized spacial score (nSPS) is 10.3. The van der Waals surface area contributed by atoms with Crippen molar-refractivity contribution in [2.75, 3.05) is 5.32 Å². The summed E-state index contributed by atoms with van der Waals surface area (Å²) in [6.07, 6.45) is 1.47. The standard InChI is InChI=1S/C12H13ClN6O/c1-3-7-8(4-2)16-19-12(14-7)15-11(20)9-5-6-10(13)18-17-9/h5-6H,3-4H2,1-2H3,(H,14,15,19,20). The Morgan fingerprint density at radius 1 is 1.10 bits per heavy atom. The van der Waals surface area contributed by atoms with Crippen molar-refractivity contribution in [1.29, 1.82) is 0 Å². The van der Waals surface area contributed by atoms with Gasteiger partial charge in [-0.15, -0.1) is 20.4 Å². The van der Waals surface area contributed by atoms with Gasteiger partial charge in [0.1, 0.15) is 0 Å². The second kappa shape index (κ2) is 6.33. The zero-order chi connectivity index (χ0) is 14.5. The number of hydrogen-bond acceptors (Lipinski definition) is 6. The van der Waals surface area contributed by atoms with Crippen LogP contribution in [0.4, 0.5) is 5.95 Å². The number of halogens is 1. The summed E-state index contributed by atoms with van der Waals surface area (Å²) in [6, 6.07) is 2.96. The average Bonchev–Trinajstić information content (AvgIpc) is 2.47. The van der Waals surface area contributed by atoms with Gasteiger partial charge in [0.25, 0.3) is 5.91 Å². The lowest BCUT2D eigenvalue weighted by atomic mass is 10.2. The molecule has 0 aliphatic heterocycles.